The van der Waals surface area contributed by atoms with Crippen molar-refractivity contribution in [1.82, 2.24) is 5.32 Å². The van der Waals surface area contributed by atoms with Gasteiger partial charge in [0.1, 0.15) is 0 Å². The van der Waals surface area contributed by atoms with E-state index in [4.69, 9.17) is 4.74 Å². The lowest BCUT2D eigenvalue weighted by molar-refractivity contribution is -0.158. The molecule has 0 unspecified atom stereocenters. The van der Waals surface area contributed by atoms with Gasteiger partial charge in [0.15, 0.2) is 0 Å². The Morgan fingerprint density at radius 3 is 2.57 bits per heavy atom. The van der Waals surface area contributed by atoms with Crippen molar-refractivity contribution in [2.24, 2.45) is 0 Å². The number of benzene rings is 1. The van der Waals surface area contributed by atoms with Gasteiger partial charge in [-0.15, -0.1) is 0 Å². The molecule has 1 aliphatic heterocycles. The van der Waals surface area contributed by atoms with Crippen molar-refractivity contribution in [1.29, 1.82) is 0 Å². The van der Waals surface area contributed by atoms with E-state index in [1.165, 1.54) is 24.8 Å². The van der Waals surface area contributed by atoms with Crippen LogP contribution in [0.3, 0.4) is 0 Å². The molecule has 21 heavy (non-hydrogen) atoms. The standard InChI is InChI=1S/C18H25NO2/c1-14(20)19-16-12-17(15-8-4-2-5-9-15)21-18(13-16)10-6-3-7-11-18/h2,4-5,8-9,16-17H,3,6-7,10-13H2,1H3,(H,19,20)/t16-,17-/m1/s1. The van der Waals surface area contributed by atoms with Gasteiger partial charge in [0.25, 0.3) is 0 Å². The smallest absolute Gasteiger partial charge is 0.217 e. The van der Waals surface area contributed by atoms with Crippen LogP contribution < -0.4 is 5.32 Å². The van der Waals surface area contributed by atoms with Gasteiger partial charge in [0.2, 0.25) is 5.91 Å². The molecule has 1 spiro atoms. The highest BCUT2D eigenvalue weighted by Gasteiger charge is 2.42. The molecule has 3 nitrogen and oxygen atoms in total. The van der Waals surface area contributed by atoms with Gasteiger partial charge in [-0.3, -0.25) is 4.79 Å². The Hall–Kier alpha value is -1.35. The van der Waals surface area contributed by atoms with Gasteiger partial charge in [0, 0.05) is 13.0 Å². The lowest BCUT2D eigenvalue weighted by Crippen LogP contribution is -2.50. The van der Waals surface area contributed by atoms with Gasteiger partial charge in [-0.1, -0.05) is 49.6 Å². The highest BCUT2D eigenvalue weighted by molar-refractivity contribution is 5.73. The molecule has 1 aromatic rings. The predicted octanol–water partition coefficient (Wildman–Crippen LogP) is 3.75. The zero-order chi connectivity index (χ0) is 14.7. The minimum atomic E-state index is -0.0237. The molecule has 1 saturated heterocycles. The van der Waals surface area contributed by atoms with E-state index in [1.54, 1.807) is 6.92 Å². The Morgan fingerprint density at radius 1 is 1.19 bits per heavy atom. The number of carbonyl (C=O) groups is 1. The normalized spacial score (nSPS) is 28.2. The SMILES string of the molecule is CC(=O)N[C@@H]1C[C@H](c2ccccc2)OC2(CCCCC2)C1. The third kappa shape index (κ3) is 3.46. The third-order valence-corrected chi connectivity index (χ3v) is 4.85. The van der Waals surface area contributed by atoms with Crippen LogP contribution in [0.1, 0.15) is 63.5 Å². The molecule has 114 valence electrons. The van der Waals surface area contributed by atoms with E-state index < -0.39 is 0 Å². The predicted molar refractivity (Wildman–Crippen MR) is 82.9 cm³/mol. The van der Waals surface area contributed by atoms with Gasteiger partial charge < -0.3 is 10.1 Å². The first-order valence-corrected chi connectivity index (χ1v) is 8.17. The van der Waals surface area contributed by atoms with Crippen molar-refractivity contribution in [3.8, 4) is 0 Å². The topological polar surface area (TPSA) is 38.3 Å². The van der Waals surface area contributed by atoms with Crippen LogP contribution in [-0.2, 0) is 9.53 Å². The summed E-state index contributed by atoms with van der Waals surface area (Å²) in [6.07, 6.45) is 8.02. The van der Waals surface area contributed by atoms with Gasteiger partial charge in [-0.25, -0.2) is 0 Å². The minimum absolute atomic E-state index is 0.0237. The van der Waals surface area contributed by atoms with Crippen molar-refractivity contribution in [3.63, 3.8) is 0 Å². The van der Waals surface area contributed by atoms with Gasteiger partial charge in [0.05, 0.1) is 11.7 Å². The van der Waals surface area contributed by atoms with Gasteiger partial charge in [-0.05, 0) is 31.2 Å². The fraction of sp³-hybridized carbons (Fsp3) is 0.611. The molecule has 1 aromatic carbocycles. The molecule has 3 rings (SSSR count). The number of ether oxygens (including phenoxy) is 1. The van der Waals surface area contributed by atoms with E-state index in [0.717, 1.165) is 25.7 Å². The Bertz CT molecular complexity index is 479. The van der Waals surface area contributed by atoms with E-state index in [-0.39, 0.29) is 23.7 Å². The molecule has 1 heterocycles. The molecule has 2 aliphatic rings. The zero-order valence-corrected chi connectivity index (χ0v) is 12.8. The number of hydrogen-bond acceptors (Lipinski definition) is 2. The Labute approximate surface area is 127 Å². The summed E-state index contributed by atoms with van der Waals surface area (Å²) >= 11 is 0. The van der Waals surface area contributed by atoms with Crippen LogP contribution >= 0.6 is 0 Å². The summed E-state index contributed by atoms with van der Waals surface area (Å²) in [6.45, 7) is 1.61. The molecule has 3 heteroatoms. The number of rotatable bonds is 2. The Balaban J connectivity index is 1.81. The summed E-state index contributed by atoms with van der Waals surface area (Å²) in [6, 6.07) is 10.7. The van der Waals surface area contributed by atoms with Crippen molar-refractivity contribution in [2.45, 2.75) is 69.6 Å². The largest absolute Gasteiger partial charge is 0.367 e. The van der Waals surface area contributed by atoms with E-state index in [2.05, 4.69) is 29.6 Å². The highest BCUT2D eigenvalue weighted by atomic mass is 16.5. The summed E-state index contributed by atoms with van der Waals surface area (Å²) < 4.78 is 6.56. The van der Waals surface area contributed by atoms with Gasteiger partial charge >= 0.3 is 0 Å². The third-order valence-electron chi connectivity index (χ3n) is 4.85. The van der Waals surface area contributed by atoms with Crippen molar-refractivity contribution in [2.75, 3.05) is 0 Å². The average molecular weight is 287 g/mol. The zero-order valence-electron chi connectivity index (χ0n) is 12.8. The number of nitrogens with one attached hydrogen (secondary N) is 1. The minimum Gasteiger partial charge on any atom is -0.367 e. The Morgan fingerprint density at radius 2 is 1.90 bits per heavy atom. The molecule has 0 aromatic heterocycles. The first-order chi connectivity index (χ1) is 10.2. The first kappa shape index (κ1) is 14.6. The average Bonchev–Trinajstić information content (AvgIpc) is 2.48. The molecule has 1 amide bonds. The van der Waals surface area contributed by atoms with Crippen LogP contribution in [0.4, 0.5) is 0 Å². The lowest BCUT2D eigenvalue weighted by atomic mass is 9.76. The second-order valence-electron chi connectivity index (χ2n) is 6.60. The van der Waals surface area contributed by atoms with Crippen LogP contribution in [0.25, 0.3) is 0 Å². The van der Waals surface area contributed by atoms with E-state index in [1.807, 2.05) is 6.07 Å². The number of carbonyl (C=O) groups excluding carboxylic acids is 1. The summed E-state index contributed by atoms with van der Waals surface area (Å²) in [7, 11) is 0. The molecule has 2 fully saturated rings. The summed E-state index contributed by atoms with van der Waals surface area (Å²) in [5.41, 5.74) is 1.21. The molecule has 0 radical (unpaired) electrons. The summed E-state index contributed by atoms with van der Waals surface area (Å²) in [4.78, 5) is 11.5. The maximum absolute atomic E-state index is 11.5. The van der Waals surface area contributed by atoms with E-state index >= 15 is 0 Å². The maximum atomic E-state index is 11.5. The second-order valence-corrected chi connectivity index (χ2v) is 6.60. The molecule has 2 atom stereocenters. The molecule has 0 bridgehead atoms. The van der Waals surface area contributed by atoms with Gasteiger partial charge in [-0.2, -0.15) is 0 Å². The highest BCUT2D eigenvalue weighted by Crippen LogP contribution is 2.45. The second kappa shape index (κ2) is 6.18. The number of amides is 1. The molecule has 1 saturated carbocycles. The van der Waals surface area contributed by atoms with Crippen LogP contribution in [0.2, 0.25) is 0 Å². The molecular formula is C18H25NO2. The van der Waals surface area contributed by atoms with Crippen molar-refractivity contribution in [3.05, 3.63) is 35.9 Å². The monoisotopic (exact) mass is 287 g/mol. The quantitative estimate of drug-likeness (QED) is 0.899. The molecule has 1 N–H and O–H groups in total. The molecular weight excluding hydrogens is 262 g/mol. The van der Waals surface area contributed by atoms with Crippen molar-refractivity contribution < 1.29 is 9.53 Å². The molecule has 1 aliphatic carbocycles. The Kier molecular flexibility index (Phi) is 4.29. The maximum Gasteiger partial charge on any atom is 0.217 e. The first-order valence-electron chi connectivity index (χ1n) is 8.17. The number of hydrogen-bond donors (Lipinski definition) is 1. The summed E-state index contributed by atoms with van der Waals surface area (Å²) in [5.74, 6) is 0.0691. The van der Waals surface area contributed by atoms with Crippen molar-refractivity contribution >= 4 is 5.91 Å². The van der Waals surface area contributed by atoms with E-state index in [9.17, 15) is 4.79 Å². The van der Waals surface area contributed by atoms with E-state index in [0.29, 0.717) is 0 Å². The van der Waals surface area contributed by atoms with Crippen LogP contribution in [0, 0.1) is 0 Å². The fourth-order valence-electron chi connectivity index (χ4n) is 3.98. The van der Waals surface area contributed by atoms with Crippen LogP contribution in [0.5, 0.6) is 0 Å². The van der Waals surface area contributed by atoms with Crippen LogP contribution in [-0.4, -0.2) is 17.6 Å². The lowest BCUT2D eigenvalue weighted by Gasteiger charge is -2.47. The fourth-order valence-corrected chi connectivity index (χ4v) is 3.98. The van der Waals surface area contributed by atoms with Crippen LogP contribution in [0.15, 0.2) is 30.3 Å². The summed E-state index contributed by atoms with van der Waals surface area (Å²) in [5, 5.41) is 3.13.